The van der Waals surface area contributed by atoms with Gasteiger partial charge in [0.05, 0.1) is 0 Å². The quantitative estimate of drug-likeness (QED) is 0.482. The molecule has 1 aliphatic heterocycles. The summed E-state index contributed by atoms with van der Waals surface area (Å²) >= 11 is 0. The van der Waals surface area contributed by atoms with Crippen LogP contribution in [0.3, 0.4) is 0 Å². The molecule has 2 fully saturated rings. The smallest absolute Gasteiger partial charge is 0.0402 e. The summed E-state index contributed by atoms with van der Waals surface area (Å²) in [5.41, 5.74) is 4.01. The molecule has 0 aromatic heterocycles. The van der Waals surface area contributed by atoms with Gasteiger partial charge in [0.2, 0.25) is 0 Å². The van der Waals surface area contributed by atoms with Gasteiger partial charge in [-0.15, -0.1) is 12.4 Å². The molecular formula is C25H43ClN2. The van der Waals surface area contributed by atoms with Gasteiger partial charge in [-0.25, -0.2) is 0 Å². The zero-order chi connectivity index (χ0) is 19.5. The Kier molecular flexibility index (Phi) is 8.28. The normalized spacial score (nSPS) is 22.7. The Morgan fingerprint density at radius 2 is 1.50 bits per heavy atom. The largest absolute Gasteiger partial charge is 0.369 e. The van der Waals surface area contributed by atoms with Crippen LogP contribution in [0.2, 0.25) is 0 Å². The Labute approximate surface area is 180 Å². The standard InChI is InChI=1S/C25H42N2.ClH/c1-6-7-10-13-26-14-16-27(17-15-26)23-12-9-8-11-22(23)21-18-24(2,3)20-25(4,5)19-21;/h8-9,11-12,21H,6-7,10,13-20H2,1-5H3;1H. The minimum atomic E-state index is 0. The molecule has 1 saturated heterocycles. The van der Waals surface area contributed by atoms with E-state index < -0.39 is 0 Å². The maximum atomic E-state index is 2.67. The predicted octanol–water partition coefficient (Wildman–Crippen LogP) is 6.74. The third-order valence-corrected chi connectivity index (χ3v) is 6.72. The first kappa shape index (κ1) is 23.5. The molecule has 0 spiro atoms. The number of anilines is 1. The van der Waals surface area contributed by atoms with E-state index in [1.54, 1.807) is 5.56 Å². The number of rotatable bonds is 6. The molecule has 1 aromatic rings. The van der Waals surface area contributed by atoms with E-state index in [4.69, 9.17) is 0 Å². The zero-order valence-electron chi connectivity index (χ0n) is 19.0. The summed E-state index contributed by atoms with van der Waals surface area (Å²) < 4.78 is 0. The topological polar surface area (TPSA) is 6.48 Å². The fourth-order valence-electron chi connectivity index (χ4n) is 5.98. The lowest BCUT2D eigenvalue weighted by Gasteiger charge is -2.46. The lowest BCUT2D eigenvalue weighted by molar-refractivity contribution is 0.0970. The molecular weight excluding hydrogens is 364 g/mol. The van der Waals surface area contributed by atoms with E-state index in [2.05, 4.69) is 68.7 Å². The van der Waals surface area contributed by atoms with E-state index >= 15 is 0 Å². The number of hydrogen-bond acceptors (Lipinski definition) is 2. The summed E-state index contributed by atoms with van der Waals surface area (Å²) in [6, 6.07) is 9.31. The van der Waals surface area contributed by atoms with Gasteiger partial charge >= 0.3 is 0 Å². The highest BCUT2D eigenvalue weighted by Crippen LogP contribution is 2.53. The van der Waals surface area contributed by atoms with E-state index in [1.165, 1.54) is 76.9 Å². The molecule has 3 rings (SSSR count). The Balaban J connectivity index is 0.00000280. The van der Waals surface area contributed by atoms with Crippen LogP contribution in [0, 0.1) is 10.8 Å². The van der Waals surface area contributed by atoms with Gasteiger partial charge in [-0.2, -0.15) is 0 Å². The number of halogens is 1. The van der Waals surface area contributed by atoms with Gasteiger partial charge in [0, 0.05) is 31.9 Å². The number of para-hydroxylation sites is 1. The maximum absolute atomic E-state index is 2.67. The molecule has 0 bridgehead atoms. The van der Waals surface area contributed by atoms with Crippen LogP contribution in [0.15, 0.2) is 24.3 Å². The Morgan fingerprint density at radius 3 is 2.11 bits per heavy atom. The van der Waals surface area contributed by atoms with Crippen molar-refractivity contribution in [2.24, 2.45) is 10.8 Å². The fourth-order valence-corrected chi connectivity index (χ4v) is 5.98. The SMILES string of the molecule is CCCCCN1CCN(c2ccccc2C2CC(C)(C)CC(C)(C)C2)CC1.Cl. The summed E-state index contributed by atoms with van der Waals surface area (Å²) in [6.07, 6.45) is 8.04. The fraction of sp³-hybridized carbons (Fsp3) is 0.760. The van der Waals surface area contributed by atoms with Crippen LogP contribution in [-0.4, -0.2) is 37.6 Å². The Morgan fingerprint density at radius 1 is 0.893 bits per heavy atom. The molecule has 3 heteroatoms. The van der Waals surface area contributed by atoms with Crippen molar-refractivity contribution in [3.8, 4) is 0 Å². The van der Waals surface area contributed by atoms with Crippen molar-refractivity contribution in [1.29, 1.82) is 0 Å². The molecule has 1 saturated carbocycles. The molecule has 0 radical (unpaired) electrons. The van der Waals surface area contributed by atoms with Crippen molar-refractivity contribution in [1.82, 2.24) is 4.90 Å². The molecule has 0 atom stereocenters. The monoisotopic (exact) mass is 406 g/mol. The van der Waals surface area contributed by atoms with Crippen molar-refractivity contribution in [3.05, 3.63) is 29.8 Å². The van der Waals surface area contributed by atoms with Crippen molar-refractivity contribution >= 4 is 18.1 Å². The van der Waals surface area contributed by atoms with Gasteiger partial charge in [-0.1, -0.05) is 65.7 Å². The highest BCUT2D eigenvalue weighted by Gasteiger charge is 2.39. The number of benzene rings is 1. The van der Waals surface area contributed by atoms with Crippen molar-refractivity contribution in [2.45, 2.75) is 79.1 Å². The summed E-state index contributed by atoms with van der Waals surface area (Å²) in [5.74, 6) is 0.697. The third-order valence-electron chi connectivity index (χ3n) is 6.72. The first-order valence-electron chi connectivity index (χ1n) is 11.4. The van der Waals surface area contributed by atoms with Gasteiger partial charge in [0.1, 0.15) is 0 Å². The summed E-state index contributed by atoms with van der Waals surface area (Å²) in [6.45, 7) is 18.3. The van der Waals surface area contributed by atoms with Crippen LogP contribution in [0.25, 0.3) is 0 Å². The maximum Gasteiger partial charge on any atom is 0.0402 e. The highest BCUT2D eigenvalue weighted by molar-refractivity contribution is 5.85. The number of unbranched alkanes of at least 4 members (excludes halogenated alkanes) is 2. The average Bonchev–Trinajstić information content (AvgIpc) is 2.60. The van der Waals surface area contributed by atoms with E-state index in [-0.39, 0.29) is 12.4 Å². The van der Waals surface area contributed by atoms with Crippen LogP contribution >= 0.6 is 12.4 Å². The van der Waals surface area contributed by atoms with Gasteiger partial charge in [-0.05, 0) is 60.6 Å². The number of hydrogen-bond donors (Lipinski definition) is 0. The van der Waals surface area contributed by atoms with Crippen molar-refractivity contribution < 1.29 is 0 Å². The van der Waals surface area contributed by atoms with Crippen LogP contribution in [0.5, 0.6) is 0 Å². The van der Waals surface area contributed by atoms with Crippen molar-refractivity contribution in [2.75, 3.05) is 37.6 Å². The van der Waals surface area contributed by atoms with Crippen molar-refractivity contribution in [3.63, 3.8) is 0 Å². The van der Waals surface area contributed by atoms with Gasteiger partial charge in [-0.3, -0.25) is 4.90 Å². The average molecular weight is 407 g/mol. The summed E-state index contributed by atoms with van der Waals surface area (Å²) in [4.78, 5) is 5.34. The Hall–Kier alpha value is -0.730. The molecule has 0 amide bonds. The van der Waals surface area contributed by atoms with Crippen LogP contribution in [0.1, 0.15) is 84.6 Å². The summed E-state index contributed by atoms with van der Waals surface area (Å²) in [5, 5.41) is 0. The molecule has 1 aromatic carbocycles. The zero-order valence-corrected chi connectivity index (χ0v) is 19.8. The van der Waals surface area contributed by atoms with Gasteiger partial charge < -0.3 is 4.90 Å². The number of piperazine rings is 1. The Bertz CT molecular complexity index is 586. The minimum Gasteiger partial charge on any atom is -0.369 e. The molecule has 0 N–H and O–H groups in total. The van der Waals surface area contributed by atoms with E-state index in [0.717, 1.165) is 0 Å². The molecule has 1 heterocycles. The van der Waals surface area contributed by atoms with Gasteiger partial charge in [0.25, 0.3) is 0 Å². The first-order chi connectivity index (χ1) is 12.8. The van der Waals surface area contributed by atoms with E-state index in [1.807, 2.05) is 0 Å². The molecule has 2 aliphatic rings. The third kappa shape index (κ3) is 6.13. The number of nitrogens with zero attached hydrogens (tertiary/aromatic N) is 2. The molecule has 2 nitrogen and oxygen atoms in total. The second-order valence-electron chi connectivity index (χ2n) is 10.7. The van der Waals surface area contributed by atoms with Gasteiger partial charge in [0.15, 0.2) is 0 Å². The lowest BCUT2D eigenvalue weighted by atomic mass is 9.60. The van der Waals surface area contributed by atoms with Crippen LogP contribution in [-0.2, 0) is 0 Å². The molecule has 28 heavy (non-hydrogen) atoms. The molecule has 160 valence electrons. The molecule has 1 aliphatic carbocycles. The predicted molar refractivity (Wildman–Crippen MR) is 126 cm³/mol. The van der Waals surface area contributed by atoms with E-state index in [0.29, 0.717) is 16.7 Å². The lowest BCUT2D eigenvalue weighted by Crippen LogP contribution is -2.47. The molecule has 0 unspecified atom stereocenters. The van der Waals surface area contributed by atoms with E-state index in [9.17, 15) is 0 Å². The highest BCUT2D eigenvalue weighted by atomic mass is 35.5. The van der Waals surface area contributed by atoms with Crippen LogP contribution < -0.4 is 4.90 Å². The van der Waals surface area contributed by atoms with Crippen LogP contribution in [0.4, 0.5) is 5.69 Å². The first-order valence-corrected chi connectivity index (χ1v) is 11.4. The second-order valence-corrected chi connectivity index (χ2v) is 10.7. The second kappa shape index (κ2) is 9.85. The summed E-state index contributed by atoms with van der Waals surface area (Å²) in [7, 11) is 0. The minimum absolute atomic E-state index is 0.